The molecule has 0 saturated heterocycles. The average molecular weight is 251 g/mol. The van der Waals surface area contributed by atoms with Crippen LogP contribution in [0.25, 0.3) is 0 Å². The van der Waals surface area contributed by atoms with Crippen LogP contribution in [0.1, 0.15) is 24.4 Å². The Morgan fingerprint density at radius 2 is 2.28 bits per heavy atom. The Balaban J connectivity index is 2.08. The Bertz CT molecular complexity index is 540. The first-order valence-corrected chi connectivity index (χ1v) is 5.51. The maximum Gasteiger partial charge on any atom is 0.170 e. The Morgan fingerprint density at radius 1 is 1.50 bits per heavy atom. The molecule has 1 N–H and O–H groups in total. The van der Waals surface area contributed by atoms with Crippen LogP contribution in [0.4, 0.5) is 4.39 Å². The van der Waals surface area contributed by atoms with E-state index in [9.17, 15) is 9.50 Å². The van der Waals surface area contributed by atoms with Crippen molar-refractivity contribution in [3.8, 4) is 5.75 Å². The molecule has 96 valence electrons. The van der Waals surface area contributed by atoms with Gasteiger partial charge in [-0.15, -0.1) is 10.2 Å². The molecular formula is C12H14FN3O2. The minimum absolute atomic E-state index is 0.127. The zero-order valence-electron chi connectivity index (χ0n) is 10.2. The maximum atomic E-state index is 13.7. The summed E-state index contributed by atoms with van der Waals surface area (Å²) in [5.41, 5.74) is 0.513. The van der Waals surface area contributed by atoms with Crippen LogP contribution < -0.4 is 4.74 Å². The van der Waals surface area contributed by atoms with Crippen molar-refractivity contribution in [2.45, 2.75) is 19.6 Å². The minimum Gasteiger partial charge on any atom is -0.483 e. The van der Waals surface area contributed by atoms with Gasteiger partial charge in [0.05, 0.1) is 6.10 Å². The number of nitrogens with zero attached hydrogens (tertiary/aromatic N) is 3. The first kappa shape index (κ1) is 12.5. The molecule has 18 heavy (non-hydrogen) atoms. The summed E-state index contributed by atoms with van der Waals surface area (Å²) in [5.74, 6) is 0.229. The molecule has 0 saturated carbocycles. The number of hydrogen-bond donors (Lipinski definition) is 1. The van der Waals surface area contributed by atoms with Crippen molar-refractivity contribution in [2.24, 2.45) is 7.05 Å². The summed E-state index contributed by atoms with van der Waals surface area (Å²) in [6.45, 7) is 1.72. The van der Waals surface area contributed by atoms with E-state index < -0.39 is 11.9 Å². The highest BCUT2D eigenvalue weighted by Gasteiger charge is 2.09. The third kappa shape index (κ3) is 2.65. The SMILES string of the molecule is C[C@H](O)c1ccc(OCc2nncn2C)c(F)c1. The van der Waals surface area contributed by atoms with Crippen molar-refractivity contribution in [3.63, 3.8) is 0 Å². The lowest BCUT2D eigenvalue weighted by molar-refractivity contribution is 0.198. The van der Waals surface area contributed by atoms with E-state index in [2.05, 4.69) is 10.2 Å². The van der Waals surface area contributed by atoms with Gasteiger partial charge in [-0.1, -0.05) is 6.07 Å². The first-order chi connectivity index (χ1) is 8.58. The highest BCUT2D eigenvalue weighted by molar-refractivity contribution is 5.30. The molecule has 0 aliphatic heterocycles. The lowest BCUT2D eigenvalue weighted by Gasteiger charge is -2.09. The first-order valence-electron chi connectivity index (χ1n) is 5.51. The Hall–Kier alpha value is -1.95. The van der Waals surface area contributed by atoms with Crippen LogP contribution in [0.3, 0.4) is 0 Å². The van der Waals surface area contributed by atoms with Gasteiger partial charge in [-0.05, 0) is 24.6 Å². The van der Waals surface area contributed by atoms with Gasteiger partial charge in [0.15, 0.2) is 17.4 Å². The van der Waals surface area contributed by atoms with Gasteiger partial charge in [-0.3, -0.25) is 0 Å². The largest absolute Gasteiger partial charge is 0.483 e. The second kappa shape index (κ2) is 5.14. The van der Waals surface area contributed by atoms with Crippen LogP contribution in [-0.4, -0.2) is 19.9 Å². The smallest absolute Gasteiger partial charge is 0.170 e. The van der Waals surface area contributed by atoms with Crippen LogP contribution in [-0.2, 0) is 13.7 Å². The van der Waals surface area contributed by atoms with Gasteiger partial charge in [0.25, 0.3) is 0 Å². The second-order valence-electron chi connectivity index (χ2n) is 4.01. The van der Waals surface area contributed by atoms with Gasteiger partial charge in [0, 0.05) is 7.05 Å². The summed E-state index contributed by atoms with van der Waals surface area (Å²) in [5, 5.41) is 16.9. The van der Waals surface area contributed by atoms with E-state index in [1.807, 2.05) is 0 Å². The summed E-state index contributed by atoms with van der Waals surface area (Å²) in [7, 11) is 1.78. The summed E-state index contributed by atoms with van der Waals surface area (Å²) in [4.78, 5) is 0. The van der Waals surface area contributed by atoms with E-state index in [4.69, 9.17) is 4.74 Å². The van der Waals surface area contributed by atoms with E-state index in [-0.39, 0.29) is 12.4 Å². The number of benzene rings is 1. The highest BCUT2D eigenvalue weighted by atomic mass is 19.1. The molecule has 6 heteroatoms. The number of aliphatic hydroxyl groups excluding tert-OH is 1. The fourth-order valence-corrected chi connectivity index (χ4v) is 1.47. The van der Waals surface area contributed by atoms with Gasteiger partial charge < -0.3 is 14.4 Å². The van der Waals surface area contributed by atoms with E-state index in [0.717, 1.165) is 0 Å². The molecule has 0 radical (unpaired) electrons. The molecule has 2 aromatic rings. The van der Waals surface area contributed by atoms with E-state index in [1.165, 1.54) is 12.1 Å². The molecule has 1 aromatic carbocycles. The topological polar surface area (TPSA) is 60.2 Å². The van der Waals surface area contributed by atoms with Crippen LogP contribution >= 0.6 is 0 Å². The number of hydrogen-bond acceptors (Lipinski definition) is 4. The summed E-state index contributed by atoms with van der Waals surface area (Å²) >= 11 is 0. The Labute approximate surface area is 104 Å². The van der Waals surface area contributed by atoms with Crippen molar-refractivity contribution in [1.29, 1.82) is 0 Å². The second-order valence-corrected chi connectivity index (χ2v) is 4.01. The predicted molar refractivity (Wildman–Crippen MR) is 62.4 cm³/mol. The predicted octanol–water partition coefficient (Wildman–Crippen LogP) is 1.59. The quantitative estimate of drug-likeness (QED) is 0.896. The van der Waals surface area contributed by atoms with E-state index in [0.29, 0.717) is 11.4 Å². The Kier molecular flexibility index (Phi) is 3.57. The monoisotopic (exact) mass is 251 g/mol. The van der Waals surface area contributed by atoms with Crippen molar-refractivity contribution in [3.05, 3.63) is 41.7 Å². The molecule has 0 aliphatic carbocycles. The van der Waals surface area contributed by atoms with Crippen molar-refractivity contribution in [2.75, 3.05) is 0 Å². The van der Waals surface area contributed by atoms with Crippen LogP contribution in [0.15, 0.2) is 24.5 Å². The highest BCUT2D eigenvalue weighted by Crippen LogP contribution is 2.22. The van der Waals surface area contributed by atoms with Gasteiger partial charge in [-0.25, -0.2) is 4.39 Å². The zero-order valence-corrected chi connectivity index (χ0v) is 10.2. The molecule has 0 fully saturated rings. The van der Waals surface area contributed by atoms with Crippen molar-refractivity contribution >= 4 is 0 Å². The van der Waals surface area contributed by atoms with Crippen LogP contribution in [0.2, 0.25) is 0 Å². The van der Waals surface area contributed by atoms with Crippen LogP contribution in [0.5, 0.6) is 5.75 Å². The molecule has 1 heterocycles. The number of ether oxygens (including phenoxy) is 1. The molecule has 0 amide bonds. The van der Waals surface area contributed by atoms with Gasteiger partial charge >= 0.3 is 0 Å². The summed E-state index contributed by atoms with van der Waals surface area (Å²) in [6.07, 6.45) is 0.846. The molecule has 0 spiro atoms. The van der Waals surface area contributed by atoms with Crippen molar-refractivity contribution in [1.82, 2.24) is 14.8 Å². The molecule has 0 aliphatic rings. The molecule has 1 aromatic heterocycles. The number of aryl methyl sites for hydroxylation is 1. The molecule has 5 nitrogen and oxygen atoms in total. The molecule has 0 unspecified atom stereocenters. The Morgan fingerprint density at radius 3 is 2.83 bits per heavy atom. The van der Waals surface area contributed by atoms with E-state index >= 15 is 0 Å². The lowest BCUT2D eigenvalue weighted by Crippen LogP contribution is -2.04. The molecule has 1 atom stereocenters. The molecule has 2 rings (SSSR count). The van der Waals surface area contributed by atoms with Crippen molar-refractivity contribution < 1.29 is 14.2 Å². The third-order valence-corrected chi connectivity index (χ3v) is 2.60. The normalized spacial score (nSPS) is 12.4. The maximum absolute atomic E-state index is 13.7. The number of aliphatic hydroxyl groups is 1. The van der Waals surface area contributed by atoms with Gasteiger partial charge in [0.2, 0.25) is 0 Å². The lowest BCUT2D eigenvalue weighted by atomic mass is 10.1. The van der Waals surface area contributed by atoms with Gasteiger partial charge in [0.1, 0.15) is 12.9 Å². The standard InChI is InChI=1S/C12H14FN3O2/c1-8(17)9-3-4-11(10(13)5-9)18-6-12-15-14-7-16(12)2/h3-5,7-8,17H,6H2,1-2H3/t8-/m0/s1. The average Bonchev–Trinajstić information content (AvgIpc) is 2.73. The fraction of sp³-hybridized carbons (Fsp3) is 0.333. The third-order valence-electron chi connectivity index (χ3n) is 2.60. The zero-order chi connectivity index (χ0) is 13.1. The minimum atomic E-state index is -0.702. The van der Waals surface area contributed by atoms with Gasteiger partial charge in [-0.2, -0.15) is 0 Å². The van der Waals surface area contributed by atoms with Crippen LogP contribution in [0, 0.1) is 5.82 Å². The summed E-state index contributed by atoms with van der Waals surface area (Å²) < 4.78 is 20.7. The van der Waals surface area contributed by atoms with E-state index in [1.54, 1.807) is 30.9 Å². The summed E-state index contributed by atoms with van der Waals surface area (Å²) in [6, 6.07) is 4.38. The fourth-order valence-electron chi connectivity index (χ4n) is 1.47. The number of halogens is 1. The molecule has 0 bridgehead atoms. The number of rotatable bonds is 4. The number of aromatic nitrogens is 3. The molecular weight excluding hydrogens is 237 g/mol.